The maximum absolute atomic E-state index is 13.3. The molecule has 0 radical (unpaired) electrons. The molecular formula is C18H24N3O5S+. The number of likely N-dealkylation sites (N-methyl/N-ethyl adjacent to an activating group) is 1. The number of aliphatic hydroxyl groups is 1. The van der Waals surface area contributed by atoms with Gasteiger partial charge in [0.15, 0.2) is 4.90 Å². The number of nitro groups is 1. The highest BCUT2D eigenvalue weighted by atomic mass is 32.2. The summed E-state index contributed by atoms with van der Waals surface area (Å²) in [5.41, 5.74) is 0.786. The largest absolute Gasteiger partial charge is 0.385 e. The van der Waals surface area contributed by atoms with Gasteiger partial charge in [-0.05, 0) is 25.1 Å². The third-order valence-corrected chi connectivity index (χ3v) is 5.81. The number of aryl methyl sites for hydroxylation is 1. The maximum Gasteiger partial charge on any atom is 0.289 e. The molecule has 0 amide bonds. The molecule has 146 valence electrons. The van der Waals surface area contributed by atoms with E-state index < -0.39 is 31.6 Å². The molecule has 0 saturated carbocycles. The number of hydrogen-bond acceptors (Lipinski definition) is 5. The van der Waals surface area contributed by atoms with Gasteiger partial charge in [0, 0.05) is 6.07 Å². The van der Waals surface area contributed by atoms with E-state index in [1.165, 1.54) is 18.2 Å². The smallest absolute Gasteiger partial charge is 0.289 e. The number of benzene rings is 2. The van der Waals surface area contributed by atoms with Gasteiger partial charge in [0.2, 0.25) is 0 Å². The van der Waals surface area contributed by atoms with Gasteiger partial charge in [0.1, 0.15) is 12.6 Å². The van der Waals surface area contributed by atoms with Crippen molar-refractivity contribution in [2.75, 3.05) is 31.5 Å². The van der Waals surface area contributed by atoms with Crippen LogP contribution in [0.1, 0.15) is 5.56 Å². The first-order valence-electron chi connectivity index (χ1n) is 8.43. The molecule has 9 heteroatoms. The second-order valence-corrected chi connectivity index (χ2v) is 8.49. The molecule has 0 aliphatic rings. The van der Waals surface area contributed by atoms with E-state index in [9.17, 15) is 23.6 Å². The number of quaternary nitrogens is 1. The van der Waals surface area contributed by atoms with E-state index in [-0.39, 0.29) is 6.54 Å². The summed E-state index contributed by atoms with van der Waals surface area (Å²) >= 11 is 0. The summed E-state index contributed by atoms with van der Waals surface area (Å²) in [5.74, 6) is 0. The van der Waals surface area contributed by atoms with Crippen molar-refractivity contribution in [3.05, 3.63) is 64.2 Å². The number of sulfonamides is 1. The minimum Gasteiger partial charge on any atom is -0.385 e. The molecule has 2 aromatic rings. The highest BCUT2D eigenvalue weighted by Crippen LogP contribution is 2.30. The van der Waals surface area contributed by atoms with Crippen LogP contribution in [0.5, 0.6) is 0 Å². The number of rotatable bonds is 8. The number of nitrogens with one attached hydrogen (secondary N) is 1. The summed E-state index contributed by atoms with van der Waals surface area (Å²) < 4.78 is 27.6. The fraction of sp³-hybridized carbons (Fsp3) is 0.333. The van der Waals surface area contributed by atoms with Crippen molar-refractivity contribution in [1.29, 1.82) is 0 Å². The summed E-state index contributed by atoms with van der Waals surface area (Å²) in [6.07, 6.45) is -0.936. The summed E-state index contributed by atoms with van der Waals surface area (Å²) in [4.78, 5) is 11.1. The van der Waals surface area contributed by atoms with E-state index in [0.717, 1.165) is 20.8 Å². The quantitative estimate of drug-likeness (QED) is 0.504. The lowest BCUT2D eigenvalue weighted by molar-refractivity contribution is -0.861. The Balaban J connectivity index is 2.55. The van der Waals surface area contributed by atoms with Crippen LogP contribution in [-0.4, -0.2) is 51.7 Å². The van der Waals surface area contributed by atoms with E-state index in [0.29, 0.717) is 12.2 Å². The molecule has 2 N–H and O–H groups in total. The lowest BCUT2D eigenvalue weighted by Crippen LogP contribution is -3.07. The zero-order valence-corrected chi connectivity index (χ0v) is 16.3. The number of nitro benzene ring substituents is 1. The molecule has 0 bridgehead atoms. The van der Waals surface area contributed by atoms with E-state index in [1.54, 1.807) is 24.3 Å². The van der Waals surface area contributed by atoms with E-state index in [4.69, 9.17) is 0 Å². The van der Waals surface area contributed by atoms with E-state index in [2.05, 4.69) is 0 Å². The molecule has 8 nitrogen and oxygen atoms in total. The summed E-state index contributed by atoms with van der Waals surface area (Å²) in [5, 5.41) is 21.6. The zero-order chi connectivity index (χ0) is 20.2. The minimum absolute atomic E-state index is 0.206. The van der Waals surface area contributed by atoms with Gasteiger partial charge in [-0.1, -0.05) is 29.8 Å². The lowest BCUT2D eigenvalue weighted by Gasteiger charge is -2.27. The summed E-state index contributed by atoms with van der Waals surface area (Å²) in [6, 6.07) is 12.0. The Morgan fingerprint density at radius 3 is 2.30 bits per heavy atom. The molecule has 0 aliphatic heterocycles. The SMILES string of the molecule is Cc1ccc(N(C[C@@H](O)C[NH+](C)C)S(=O)(=O)c2ccccc2[N+](=O)[O-])cc1. The van der Waals surface area contributed by atoms with Crippen molar-refractivity contribution in [1.82, 2.24) is 0 Å². The van der Waals surface area contributed by atoms with Crippen molar-refractivity contribution in [2.24, 2.45) is 0 Å². The van der Waals surface area contributed by atoms with Crippen LogP contribution >= 0.6 is 0 Å². The van der Waals surface area contributed by atoms with Gasteiger partial charge < -0.3 is 10.0 Å². The van der Waals surface area contributed by atoms with Gasteiger partial charge in [0.05, 0.1) is 31.3 Å². The predicted molar refractivity (Wildman–Crippen MR) is 102 cm³/mol. The zero-order valence-electron chi connectivity index (χ0n) is 15.5. The Hall–Kier alpha value is -2.49. The highest BCUT2D eigenvalue weighted by Gasteiger charge is 2.33. The highest BCUT2D eigenvalue weighted by molar-refractivity contribution is 7.93. The van der Waals surface area contributed by atoms with Crippen molar-refractivity contribution < 1.29 is 23.3 Å². The van der Waals surface area contributed by atoms with Crippen LogP contribution < -0.4 is 9.21 Å². The first-order chi connectivity index (χ1) is 12.6. The van der Waals surface area contributed by atoms with Gasteiger partial charge >= 0.3 is 0 Å². The van der Waals surface area contributed by atoms with Gasteiger partial charge in [-0.25, -0.2) is 8.42 Å². The van der Waals surface area contributed by atoms with Gasteiger partial charge in [-0.2, -0.15) is 0 Å². The van der Waals surface area contributed by atoms with Crippen LogP contribution in [0, 0.1) is 17.0 Å². The molecule has 0 aromatic heterocycles. The second-order valence-electron chi connectivity index (χ2n) is 6.66. The minimum atomic E-state index is -4.25. The molecule has 27 heavy (non-hydrogen) atoms. The molecule has 0 saturated heterocycles. The average Bonchev–Trinajstić information content (AvgIpc) is 2.60. The first-order valence-corrected chi connectivity index (χ1v) is 9.87. The van der Waals surface area contributed by atoms with E-state index >= 15 is 0 Å². The Kier molecular flexibility index (Phi) is 6.53. The number of nitrogens with zero attached hydrogens (tertiary/aromatic N) is 2. The third-order valence-electron chi connectivity index (χ3n) is 3.97. The molecule has 2 rings (SSSR count). The van der Waals surface area contributed by atoms with Gasteiger partial charge in [0.25, 0.3) is 15.7 Å². The van der Waals surface area contributed by atoms with Crippen LogP contribution in [0.25, 0.3) is 0 Å². The Morgan fingerprint density at radius 2 is 1.74 bits per heavy atom. The van der Waals surface area contributed by atoms with Crippen molar-refractivity contribution >= 4 is 21.4 Å². The maximum atomic E-state index is 13.3. The Labute approximate surface area is 158 Å². The van der Waals surface area contributed by atoms with Crippen molar-refractivity contribution in [3.8, 4) is 0 Å². The average molecular weight is 394 g/mol. The lowest BCUT2D eigenvalue weighted by atomic mass is 10.2. The Bertz CT molecular complexity index is 897. The summed E-state index contributed by atoms with van der Waals surface area (Å²) in [7, 11) is -0.565. The standard InChI is InChI=1S/C18H23N3O5S/c1-14-8-10-15(11-9-14)20(13-16(22)12-19(2)3)27(25,26)18-7-5-4-6-17(18)21(23)24/h4-11,16,22H,12-13H2,1-3H3/p+1/t16-/m0/s1. The van der Waals surface area contributed by atoms with Crippen molar-refractivity contribution in [2.45, 2.75) is 17.9 Å². The fourth-order valence-corrected chi connectivity index (χ4v) is 4.39. The van der Waals surface area contributed by atoms with Crippen molar-refractivity contribution in [3.63, 3.8) is 0 Å². The van der Waals surface area contributed by atoms with Gasteiger partial charge in [-0.15, -0.1) is 0 Å². The monoisotopic (exact) mass is 394 g/mol. The summed E-state index contributed by atoms with van der Waals surface area (Å²) in [6.45, 7) is 1.99. The Morgan fingerprint density at radius 1 is 1.15 bits per heavy atom. The third kappa shape index (κ3) is 5.03. The van der Waals surface area contributed by atoms with Crippen LogP contribution in [0.2, 0.25) is 0 Å². The second kappa shape index (κ2) is 8.47. The fourth-order valence-electron chi connectivity index (χ4n) is 2.73. The number of para-hydroxylation sites is 1. The molecule has 2 aromatic carbocycles. The van der Waals surface area contributed by atoms with Crippen LogP contribution in [0.4, 0.5) is 11.4 Å². The van der Waals surface area contributed by atoms with Crippen LogP contribution in [-0.2, 0) is 10.0 Å². The molecular weight excluding hydrogens is 370 g/mol. The normalized spacial score (nSPS) is 12.8. The molecule has 1 atom stereocenters. The molecule has 0 spiro atoms. The molecule has 0 fully saturated rings. The van der Waals surface area contributed by atoms with E-state index in [1.807, 2.05) is 21.0 Å². The molecule has 0 unspecified atom stereocenters. The number of hydrogen-bond donors (Lipinski definition) is 2. The van der Waals surface area contributed by atoms with Gasteiger partial charge in [-0.3, -0.25) is 14.4 Å². The topological polar surface area (TPSA) is 105 Å². The first kappa shape index (κ1) is 20.8. The van der Waals surface area contributed by atoms with Crippen LogP contribution in [0.15, 0.2) is 53.4 Å². The predicted octanol–water partition coefficient (Wildman–Crippen LogP) is 0.604. The number of anilines is 1. The molecule has 0 heterocycles. The van der Waals surface area contributed by atoms with Crippen LogP contribution in [0.3, 0.4) is 0 Å². The number of aliphatic hydroxyl groups excluding tert-OH is 1. The molecule has 0 aliphatic carbocycles.